The molecule has 0 aliphatic carbocycles. The highest BCUT2D eigenvalue weighted by Crippen LogP contribution is 2.41. The average molecular weight is 435 g/mol. The molecule has 34 heavy (non-hydrogen) atoms. The van der Waals surface area contributed by atoms with E-state index in [0.717, 1.165) is 38.6 Å². The lowest BCUT2D eigenvalue weighted by Crippen LogP contribution is -2.12. The van der Waals surface area contributed by atoms with Crippen molar-refractivity contribution >= 4 is 56.6 Å². The average Bonchev–Trinajstić information content (AvgIpc) is 3.42. The van der Waals surface area contributed by atoms with E-state index < -0.39 is 0 Å². The van der Waals surface area contributed by atoms with Gasteiger partial charge in [-0.1, -0.05) is 84.3 Å². The monoisotopic (exact) mass is 435 g/mol. The molecule has 5 aromatic carbocycles. The van der Waals surface area contributed by atoms with E-state index in [4.69, 9.17) is 0 Å². The predicted octanol–water partition coefficient (Wildman–Crippen LogP) is 6.12. The van der Waals surface area contributed by atoms with Gasteiger partial charge >= 0.3 is 7.48 Å². The van der Waals surface area contributed by atoms with E-state index in [1.807, 2.05) is 12.1 Å². The van der Waals surface area contributed by atoms with E-state index in [9.17, 15) is 5.02 Å². The fraction of sp³-hybridized carbons (Fsp3) is 0. The Morgan fingerprint density at radius 3 is 1.62 bits per heavy atom. The smallest absolute Gasteiger partial charge is 0.326 e. The lowest BCUT2D eigenvalue weighted by atomic mass is 9.88. The molecule has 0 amide bonds. The molecule has 0 atom stereocenters. The Balaban J connectivity index is 1.78. The van der Waals surface area contributed by atoms with Gasteiger partial charge in [0.15, 0.2) is 0 Å². The van der Waals surface area contributed by atoms with E-state index >= 15 is 0 Å². The van der Waals surface area contributed by atoms with Crippen molar-refractivity contribution in [2.75, 3.05) is 0 Å². The van der Waals surface area contributed by atoms with E-state index in [2.05, 4.69) is 112 Å². The van der Waals surface area contributed by atoms with Gasteiger partial charge in [-0.15, -0.1) is 0 Å². The lowest BCUT2D eigenvalue weighted by molar-refractivity contribution is 0.615. The summed E-state index contributed by atoms with van der Waals surface area (Å²) in [6, 6.07) is 40.3. The zero-order chi connectivity index (χ0) is 22.6. The number of rotatable bonds is 3. The standard InChI is InChI=1S/C30H20BN2O/c34-31-20-15-18-28-26(19-20)25-17-16-24-23-13-7-8-14-27(23)32(21-9-3-1-4-10-21)29(24)30(25)33(28)22-11-5-2-6-12-22/h1-19,34H. The summed E-state index contributed by atoms with van der Waals surface area (Å²) in [5, 5.41) is 14.5. The molecule has 2 heterocycles. The molecule has 0 aliphatic heterocycles. The fourth-order valence-corrected chi connectivity index (χ4v) is 5.34. The van der Waals surface area contributed by atoms with E-state index in [1.165, 1.54) is 29.3 Å². The quantitative estimate of drug-likeness (QED) is 0.333. The number of para-hydroxylation sites is 3. The molecule has 3 nitrogen and oxygen atoms in total. The summed E-state index contributed by atoms with van der Waals surface area (Å²) < 4.78 is 4.73. The van der Waals surface area contributed by atoms with Crippen LogP contribution in [0.3, 0.4) is 0 Å². The highest BCUT2D eigenvalue weighted by Gasteiger charge is 2.21. The summed E-state index contributed by atoms with van der Waals surface area (Å²) in [6.45, 7) is 0. The molecule has 1 radical (unpaired) electrons. The Bertz CT molecular complexity index is 1830. The van der Waals surface area contributed by atoms with Crippen LogP contribution in [0.5, 0.6) is 0 Å². The molecule has 4 heteroatoms. The van der Waals surface area contributed by atoms with Crippen LogP contribution in [-0.2, 0) is 0 Å². The second-order valence-electron chi connectivity index (χ2n) is 8.62. The van der Waals surface area contributed by atoms with Crippen molar-refractivity contribution in [1.29, 1.82) is 0 Å². The number of hydrogen-bond donors (Lipinski definition) is 1. The number of benzene rings is 5. The van der Waals surface area contributed by atoms with Gasteiger partial charge in [-0.3, -0.25) is 0 Å². The SMILES string of the molecule is O[B]c1ccc2c(c1)c1ccc3c4ccccc4n(-c4ccccc4)c3c1n2-c1ccccc1. The topological polar surface area (TPSA) is 30.1 Å². The van der Waals surface area contributed by atoms with Gasteiger partial charge in [0, 0.05) is 32.9 Å². The van der Waals surface area contributed by atoms with Crippen molar-refractivity contribution in [3.63, 3.8) is 0 Å². The Kier molecular flexibility index (Phi) is 4.17. The van der Waals surface area contributed by atoms with Crippen LogP contribution in [0.1, 0.15) is 0 Å². The second-order valence-corrected chi connectivity index (χ2v) is 8.62. The molecule has 0 aliphatic rings. The number of aromatic nitrogens is 2. The van der Waals surface area contributed by atoms with E-state index in [0.29, 0.717) is 0 Å². The summed E-state index contributed by atoms with van der Waals surface area (Å²) in [4.78, 5) is 0. The molecule has 1 N–H and O–H groups in total. The first-order valence-electron chi connectivity index (χ1n) is 11.4. The third-order valence-corrected chi connectivity index (χ3v) is 6.76. The van der Waals surface area contributed by atoms with Crippen molar-refractivity contribution in [3.05, 3.63) is 115 Å². The van der Waals surface area contributed by atoms with Crippen LogP contribution in [-0.4, -0.2) is 21.6 Å². The predicted molar refractivity (Wildman–Crippen MR) is 143 cm³/mol. The van der Waals surface area contributed by atoms with Crippen molar-refractivity contribution < 1.29 is 5.02 Å². The molecular formula is C30H20BN2O. The van der Waals surface area contributed by atoms with Crippen molar-refractivity contribution in [3.8, 4) is 11.4 Å². The van der Waals surface area contributed by atoms with Gasteiger partial charge in [0.2, 0.25) is 0 Å². The summed E-state index contributed by atoms with van der Waals surface area (Å²) in [5.74, 6) is 0. The van der Waals surface area contributed by atoms with Gasteiger partial charge in [-0.25, -0.2) is 0 Å². The van der Waals surface area contributed by atoms with Crippen LogP contribution < -0.4 is 5.46 Å². The molecule has 7 aromatic rings. The Morgan fingerprint density at radius 1 is 0.471 bits per heavy atom. The van der Waals surface area contributed by atoms with Crippen LogP contribution >= 0.6 is 0 Å². The number of nitrogens with zero attached hydrogens (tertiary/aromatic N) is 2. The minimum Gasteiger partial charge on any atom is -0.450 e. The van der Waals surface area contributed by atoms with Crippen LogP contribution in [0.2, 0.25) is 0 Å². The molecular weight excluding hydrogens is 415 g/mol. The van der Waals surface area contributed by atoms with Gasteiger partial charge in [0.25, 0.3) is 0 Å². The van der Waals surface area contributed by atoms with Crippen LogP contribution in [0.25, 0.3) is 55.0 Å². The van der Waals surface area contributed by atoms with Crippen molar-refractivity contribution in [1.82, 2.24) is 9.13 Å². The van der Waals surface area contributed by atoms with E-state index in [1.54, 1.807) is 0 Å². The first kappa shape index (κ1) is 19.2. The molecule has 0 fully saturated rings. The molecule has 159 valence electrons. The third-order valence-electron chi connectivity index (χ3n) is 6.76. The maximum Gasteiger partial charge on any atom is 0.326 e. The first-order chi connectivity index (χ1) is 16.8. The molecule has 0 saturated heterocycles. The van der Waals surface area contributed by atoms with Crippen molar-refractivity contribution in [2.24, 2.45) is 0 Å². The molecule has 2 aromatic heterocycles. The maximum atomic E-state index is 9.72. The van der Waals surface area contributed by atoms with Crippen molar-refractivity contribution in [2.45, 2.75) is 0 Å². The van der Waals surface area contributed by atoms with Gasteiger partial charge in [0.1, 0.15) is 0 Å². The Labute approximate surface area is 197 Å². The summed E-state index contributed by atoms with van der Waals surface area (Å²) in [6.07, 6.45) is 0. The molecule has 0 unspecified atom stereocenters. The van der Waals surface area contributed by atoms with Gasteiger partial charge in [-0.05, 0) is 36.4 Å². The first-order valence-corrected chi connectivity index (χ1v) is 11.4. The minimum atomic E-state index is 0.795. The molecule has 7 rings (SSSR count). The zero-order valence-electron chi connectivity index (χ0n) is 18.4. The lowest BCUT2D eigenvalue weighted by Gasteiger charge is -2.12. The summed E-state index contributed by atoms with van der Waals surface area (Å²) >= 11 is 0. The molecule has 0 bridgehead atoms. The Hall–Kier alpha value is -4.28. The Morgan fingerprint density at radius 2 is 1.00 bits per heavy atom. The third kappa shape index (κ3) is 2.63. The number of fused-ring (bicyclic) bond motifs is 7. The molecule has 0 saturated carbocycles. The summed E-state index contributed by atoms with van der Waals surface area (Å²) in [5.41, 5.74) is 7.68. The van der Waals surface area contributed by atoms with Crippen LogP contribution in [0.15, 0.2) is 115 Å². The van der Waals surface area contributed by atoms with Crippen LogP contribution in [0, 0.1) is 0 Å². The van der Waals surface area contributed by atoms with Gasteiger partial charge < -0.3 is 14.2 Å². The number of hydrogen-bond acceptors (Lipinski definition) is 1. The zero-order valence-corrected chi connectivity index (χ0v) is 18.4. The summed E-state index contributed by atoms with van der Waals surface area (Å²) in [7, 11) is 1.17. The maximum absolute atomic E-state index is 9.72. The fourth-order valence-electron chi connectivity index (χ4n) is 5.34. The van der Waals surface area contributed by atoms with E-state index in [-0.39, 0.29) is 0 Å². The van der Waals surface area contributed by atoms with Gasteiger partial charge in [0.05, 0.1) is 22.1 Å². The van der Waals surface area contributed by atoms with Gasteiger partial charge in [-0.2, -0.15) is 0 Å². The normalized spacial score (nSPS) is 11.7. The second kappa shape index (κ2) is 7.37. The molecule has 0 spiro atoms. The minimum absolute atomic E-state index is 0.795. The highest BCUT2D eigenvalue weighted by molar-refractivity contribution is 6.46. The largest absolute Gasteiger partial charge is 0.450 e. The van der Waals surface area contributed by atoms with Crippen LogP contribution in [0.4, 0.5) is 0 Å². The highest BCUT2D eigenvalue weighted by atomic mass is 16.2.